The summed E-state index contributed by atoms with van der Waals surface area (Å²) in [6.07, 6.45) is 6.57. The fraction of sp³-hybridized carbons (Fsp3) is 0.680. The molecule has 2 N–H and O–H groups in total. The summed E-state index contributed by atoms with van der Waals surface area (Å²) in [4.78, 5) is 25.0. The maximum absolute atomic E-state index is 12.9. The van der Waals surface area contributed by atoms with Crippen LogP contribution in [0, 0.1) is 5.41 Å². The first-order valence-electron chi connectivity index (χ1n) is 11.7. The number of benzene rings is 1. The molecular formula is C25H40N2O4. The first kappa shape index (κ1) is 25.2. The van der Waals surface area contributed by atoms with Crippen molar-refractivity contribution >= 4 is 17.6 Å². The molecule has 31 heavy (non-hydrogen) atoms. The number of nitrogens with one attached hydrogen (secondary N) is 2. The molecule has 1 saturated heterocycles. The molecule has 0 radical (unpaired) electrons. The highest BCUT2D eigenvalue weighted by molar-refractivity contribution is 5.92. The summed E-state index contributed by atoms with van der Waals surface area (Å²) in [7, 11) is 0. The number of unbranched alkanes of at least 4 members (excludes halogenated alkanes) is 2. The summed E-state index contributed by atoms with van der Waals surface area (Å²) in [5, 5.41) is 6.30. The van der Waals surface area contributed by atoms with Crippen LogP contribution in [0.4, 0.5) is 5.69 Å². The molecule has 1 amide bonds. The van der Waals surface area contributed by atoms with Gasteiger partial charge in [-0.2, -0.15) is 0 Å². The van der Waals surface area contributed by atoms with Crippen LogP contribution in [-0.2, 0) is 14.3 Å². The Morgan fingerprint density at radius 1 is 1.10 bits per heavy atom. The minimum atomic E-state index is -0.469. The molecule has 1 aliphatic rings. The van der Waals surface area contributed by atoms with Crippen molar-refractivity contribution < 1.29 is 19.1 Å². The van der Waals surface area contributed by atoms with E-state index < -0.39 is 11.0 Å². The van der Waals surface area contributed by atoms with E-state index in [4.69, 9.17) is 9.47 Å². The van der Waals surface area contributed by atoms with Crippen LogP contribution in [0.15, 0.2) is 24.3 Å². The fourth-order valence-corrected chi connectivity index (χ4v) is 3.84. The Bertz CT molecular complexity index is 706. The van der Waals surface area contributed by atoms with Gasteiger partial charge in [0.2, 0.25) is 5.91 Å². The summed E-state index contributed by atoms with van der Waals surface area (Å²) in [6.45, 7) is 10.1. The monoisotopic (exact) mass is 432 g/mol. The second-order valence-corrected chi connectivity index (χ2v) is 9.49. The van der Waals surface area contributed by atoms with Crippen molar-refractivity contribution in [2.75, 3.05) is 25.0 Å². The van der Waals surface area contributed by atoms with Crippen LogP contribution in [0.25, 0.3) is 0 Å². The maximum atomic E-state index is 12.9. The van der Waals surface area contributed by atoms with E-state index in [0.717, 1.165) is 58.0 Å². The highest BCUT2D eigenvalue weighted by Gasteiger charge is 2.41. The molecule has 2 rings (SSSR count). The zero-order valence-corrected chi connectivity index (χ0v) is 19.7. The third-order valence-electron chi connectivity index (χ3n) is 5.62. The maximum Gasteiger partial charge on any atom is 0.312 e. The van der Waals surface area contributed by atoms with Crippen LogP contribution in [0.3, 0.4) is 0 Å². The van der Waals surface area contributed by atoms with Gasteiger partial charge in [0.25, 0.3) is 0 Å². The second kappa shape index (κ2) is 12.1. The number of para-hydroxylation sites is 2. The molecule has 0 aliphatic carbocycles. The molecule has 6 nitrogen and oxygen atoms in total. The van der Waals surface area contributed by atoms with Gasteiger partial charge in [0.05, 0.1) is 17.7 Å². The lowest BCUT2D eigenvalue weighted by molar-refractivity contribution is -0.170. The number of hydrogen-bond donors (Lipinski definition) is 2. The molecule has 1 fully saturated rings. The summed E-state index contributed by atoms with van der Waals surface area (Å²) in [5.41, 5.74) is -0.153. The molecule has 1 aromatic carbocycles. The number of carbonyl (C=O) groups excluding carboxylic acids is 2. The quantitative estimate of drug-likeness (QED) is 0.377. The normalized spacial score (nSPS) is 15.9. The number of ether oxygens (including phenoxy) is 2. The molecule has 1 aromatic rings. The van der Waals surface area contributed by atoms with E-state index in [1.165, 1.54) is 0 Å². The van der Waals surface area contributed by atoms with Crippen molar-refractivity contribution in [1.82, 2.24) is 5.32 Å². The predicted molar refractivity (Wildman–Crippen MR) is 124 cm³/mol. The number of carbonyl (C=O) groups is 2. The Kier molecular flexibility index (Phi) is 9.82. The molecule has 1 heterocycles. The van der Waals surface area contributed by atoms with Crippen molar-refractivity contribution in [3.05, 3.63) is 24.3 Å². The third-order valence-corrected chi connectivity index (χ3v) is 5.62. The predicted octanol–water partition coefficient (Wildman–Crippen LogP) is 5.08. The lowest BCUT2D eigenvalue weighted by Gasteiger charge is -2.37. The molecule has 0 bridgehead atoms. The largest absolute Gasteiger partial charge is 0.491 e. The molecule has 0 aromatic heterocycles. The number of piperidine rings is 1. The lowest BCUT2D eigenvalue weighted by Crippen LogP contribution is -2.45. The average molecular weight is 433 g/mol. The van der Waals surface area contributed by atoms with Gasteiger partial charge < -0.3 is 20.1 Å². The summed E-state index contributed by atoms with van der Waals surface area (Å²) in [5.74, 6) is 0.640. The van der Waals surface area contributed by atoms with Gasteiger partial charge in [0.15, 0.2) is 0 Å². The van der Waals surface area contributed by atoms with E-state index >= 15 is 0 Å². The minimum Gasteiger partial charge on any atom is -0.491 e. The van der Waals surface area contributed by atoms with Gasteiger partial charge >= 0.3 is 5.97 Å². The second-order valence-electron chi connectivity index (χ2n) is 9.49. The highest BCUT2D eigenvalue weighted by Crippen LogP contribution is 2.37. The molecular weight excluding hydrogens is 392 g/mol. The number of hydrogen-bond acceptors (Lipinski definition) is 5. The Balaban J connectivity index is 1.85. The van der Waals surface area contributed by atoms with Gasteiger partial charge in [-0.15, -0.1) is 0 Å². The van der Waals surface area contributed by atoms with Gasteiger partial charge in [0.1, 0.15) is 11.4 Å². The van der Waals surface area contributed by atoms with Gasteiger partial charge in [-0.3, -0.25) is 9.59 Å². The molecule has 0 unspecified atom stereocenters. The number of amides is 1. The average Bonchev–Trinajstić information content (AvgIpc) is 2.72. The summed E-state index contributed by atoms with van der Waals surface area (Å²) < 4.78 is 11.7. The van der Waals surface area contributed by atoms with Crippen LogP contribution in [-0.4, -0.2) is 37.2 Å². The zero-order chi connectivity index (χ0) is 22.7. The van der Waals surface area contributed by atoms with E-state index in [2.05, 4.69) is 17.6 Å². The van der Waals surface area contributed by atoms with Gasteiger partial charge in [0, 0.05) is 6.42 Å². The smallest absolute Gasteiger partial charge is 0.312 e. The van der Waals surface area contributed by atoms with E-state index in [9.17, 15) is 9.59 Å². The molecule has 0 spiro atoms. The van der Waals surface area contributed by atoms with Gasteiger partial charge in [-0.05, 0) is 84.5 Å². The minimum absolute atomic E-state index is 0.0168. The molecule has 6 heteroatoms. The van der Waals surface area contributed by atoms with Crippen molar-refractivity contribution in [2.24, 2.45) is 5.41 Å². The fourth-order valence-electron chi connectivity index (χ4n) is 3.84. The van der Waals surface area contributed by atoms with E-state index in [1.54, 1.807) is 0 Å². The van der Waals surface area contributed by atoms with Gasteiger partial charge in [-0.25, -0.2) is 0 Å². The standard InChI is InChI=1S/C25H40N2O4/c1-5-6-13-22(28)27-20-11-7-8-12-21(20)30-19-10-9-14-25(15-17-26-18-16-25)23(29)31-24(2,3)4/h7-8,11-12,26H,5-6,9-10,13-19H2,1-4H3,(H,27,28). The van der Waals surface area contributed by atoms with Crippen LogP contribution < -0.4 is 15.4 Å². The molecule has 1 aliphatic heterocycles. The summed E-state index contributed by atoms with van der Waals surface area (Å²) in [6, 6.07) is 7.55. The first-order valence-corrected chi connectivity index (χ1v) is 11.7. The number of anilines is 1. The number of esters is 1. The SMILES string of the molecule is CCCCC(=O)Nc1ccccc1OCCCCC1(C(=O)OC(C)(C)C)CCNCC1. The van der Waals surface area contributed by atoms with Crippen molar-refractivity contribution in [3.63, 3.8) is 0 Å². The first-order chi connectivity index (χ1) is 14.8. The highest BCUT2D eigenvalue weighted by atomic mass is 16.6. The Morgan fingerprint density at radius 2 is 1.81 bits per heavy atom. The van der Waals surface area contributed by atoms with Crippen molar-refractivity contribution in [2.45, 2.75) is 84.7 Å². The van der Waals surface area contributed by atoms with Crippen LogP contribution in [0.5, 0.6) is 5.75 Å². The van der Waals surface area contributed by atoms with E-state index in [-0.39, 0.29) is 11.9 Å². The van der Waals surface area contributed by atoms with Crippen molar-refractivity contribution in [3.8, 4) is 5.75 Å². The van der Waals surface area contributed by atoms with Crippen molar-refractivity contribution in [1.29, 1.82) is 0 Å². The molecule has 0 saturated carbocycles. The molecule has 0 atom stereocenters. The van der Waals surface area contributed by atoms with E-state index in [1.807, 2.05) is 45.0 Å². The molecule has 174 valence electrons. The van der Waals surface area contributed by atoms with Gasteiger partial charge in [-0.1, -0.05) is 25.5 Å². The van der Waals surface area contributed by atoms with Crippen LogP contribution >= 0.6 is 0 Å². The number of rotatable bonds is 11. The Labute approximate surface area is 187 Å². The van der Waals surface area contributed by atoms with Crippen LogP contribution in [0.1, 0.15) is 79.1 Å². The third kappa shape index (κ3) is 8.52. The van der Waals surface area contributed by atoms with Crippen LogP contribution in [0.2, 0.25) is 0 Å². The summed E-state index contributed by atoms with van der Waals surface area (Å²) >= 11 is 0. The van der Waals surface area contributed by atoms with E-state index in [0.29, 0.717) is 24.5 Å². The lowest BCUT2D eigenvalue weighted by atomic mass is 9.75. The Hall–Kier alpha value is -2.08. The topological polar surface area (TPSA) is 76.7 Å². The zero-order valence-electron chi connectivity index (χ0n) is 19.7. The Morgan fingerprint density at radius 3 is 2.48 bits per heavy atom.